The third-order valence-corrected chi connectivity index (χ3v) is 5.41. The first-order valence-corrected chi connectivity index (χ1v) is 9.87. The number of imide groups is 1. The van der Waals surface area contributed by atoms with Gasteiger partial charge in [0.05, 0.1) is 11.1 Å². The molecular weight excluding hydrogens is 378 g/mol. The van der Waals surface area contributed by atoms with Crippen molar-refractivity contribution in [3.63, 3.8) is 0 Å². The van der Waals surface area contributed by atoms with Crippen molar-refractivity contribution in [1.82, 2.24) is 4.90 Å². The number of carboxylic acids is 1. The SMILES string of the molecule is O=C(O)CCC(Cc1ccc(-c2ccccc2)cc1)N1C(=O)c2ccccc2C1=O. The Labute approximate surface area is 174 Å². The summed E-state index contributed by atoms with van der Waals surface area (Å²) < 4.78 is 0. The first-order chi connectivity index (χ1) is 14.5. The summed E-state index contributed by atoms with van der Waals surface area (Å²) in [6, 6.07) is 24.1. The zero-order valence-electron chi connectivity index (χ0n) is 16.3. The van der Waals surface area contributed by atoms with E-state index in [4.69, 9.17) is 5.11 Å². The predicted octanol–water partition coefficient (Wildman–Crippen LogP) is 4.43. The van der Waals surface area contributed by atoms with Gasteiger partial charge in [0, 0.05) is 12.5 Å². The molecule has 150 valence electrons. The zero-order chi connectivity index (χ0) is 21.1. The summed E-state index contributed by atoms with van der Waals surface area (Å²) in [7, 11) is 0. The molecule has 5 nitrogen and oxygen atoms in total. The maximum absolute atomic E-state index is 12.9. The van der Waals surface area contributed by atoms with Gasteiger partial charge in [-0.05, 0) is 41.7 Å². The van der Waals surface area contributed by atoms with Crippen molar-refractivity contribution in [2.75, 3.05) is 0 Å². The summed E-state index contributed by atoms with van der Waals surface area (Å²) >= 11 is 0. The van der Waals surface area contributed by atoms with Crippen LogP contribution in [0.4, 0.5) is 0 Å². The number of carbonyl (C=O) groups excluding carboxylic acids is 2. The molecular formula is C25H21NO4. The second-order valence-corrected chi connectivity index (χ2v) is 7.38. The third-order valence-electron chi connectivity index (χ3n) is 5.41. The van der Waals surface area contributed by atoms with Crippen molar-refractivity contribution in [1.29, 1.82) is 0 Å². The molecule has 3 aromatic rings. The van der Waals surface area contributed by atoms with Crippen LogP contribution in [0.5, 0.6) is 0 Å². The maximum atomic E-state index is 12.9. The minimum absolute atomic E-state index is 0.111. The van der Waals surface area contributed by atoms with Crippen LogP contribution in [-0.4, -0.2) is 33.8 Å². The van der Waals surface area contributed by atoms with E-state index in [1.165, 1.54) is 4.90 Å². The lowest BCUT2D eigenvalue weighted by molar-refractivity contribution is -0.137. The van der Waals surface area contributed by atoms with Gasteiger partial charge in [-0.2, -0.15) is 0 Å². The number of hydrogen-bond acceptors (Lipinski definition) is 3. The number of hydrogen-bond donors (Lipinski definition) is 1. The van der Waals surface area contributed by atoms with E-state index in [-0.39, 0.29) is 24.7 Å². The summed E-state index contributed by atoms with van der Waals surface area (Å²) in [6.45, 7) is 0. The van der Waals surface area contributed by atoms with Crippen molar-refractivity contribution >= 4 is 17.8 Å². The monoisotopic (exact) mass is 399 g/mol. The van der Waals surface area contributed by atoms with Gasteiger partial charge in [0.25, 0.3) is 11.8 Å². The van der Waals surface area contributed by atoms with Crippen molar-refractivity contribution in [2.24, 2.45) is 0 Å². The Kier molecular flexibility index (Phi) is 5.44. The van der Waals surface area contributed by atoms with Gasteiger partial charge < -0.3 is 5.11 Å². The molecule has 1 unspecified atom stereocenters. The molecule has 1 aliphatic rings. The summed E-state index contributed by atoms with van der Waals surface area (Å²) in [5.41, 5.74) is 3.88. The van der Waals surface area contributed by atoms with Crippen LogP contribution in [-0.2, 0) is 11.2 Å². The van der Waals surface area contributed by atoms with E-state index in [1.807, 2.05) is 54.6 Å². The second kappa shape index (κ2) is 8.33. The molecule has 0 fully saturated rings. The highest BCUT2D eigenvalue weighted by atomic mass is 16.4. The quantitative estimate of drug-likeness (QED) is 0.597. The molecule has 0 bridgehead atoms. The first-order valence-electron chi connectivity index (χ1n) is 9.87. The third kappa shape index (κ3) is 3.87. The minimum Gasteiger partial charge on any atom is -0.481 e. The lowest BCUT2D eigenvalue weighted by atomic mass is 9.97. The van der Waals surface area contributed by atoms with Gasteiger partial charge in [-0.1, -0.05) is 66.7 Å². The number of rotatable bonds is 7. The van der Waals surface area contributed by atoms with Crippen LogP contribution < -0.4 is 0 Å². The van der Waals surface area contributed by atoms with Crippen molar-refractivity contribution in [2.45, 2.75) is 25.3 Å². The van der Waals surface area contributed by atoms with Gasteiger partial charge in [-0.3, -0.25) is 19.3 Å². The Balaban J connectivity index is 1.58. The zero-order valence-corrected chi connectivity index (χ0v) is 16.3. The molecule has 0 aromatic heterocycles. The van der Waals surface area contributed by atoms with E-state index in [9.17, 15) is 14.4 Å². The Morgan fingerprint density at radius 1 is 0.767 bits per heavy atom. The average molecular weight is 399 g/mol. The topological polar surface area (TPSA) is 74.7 Å². The number of carbonyl (C=O) groups is 3. The second-order valence-electron chi connectivity index (χ2n) is 7.38. The molecule has 0 aliphatic carbocycles. The largest absolute Gasteiger partial charge is 0.481 e. The first kappa shape index (κ1) is 19.6. The molecule has 1 aliphatic heterocycles. The molecule has 1 N–H and O–H groups in total. The lowest BCUT2D eigenvalue weighted by Gasteiger charge is -2.26. The van der Waals surface area contributed by atoms with Crippen molar-refractivity contribution < 1.29 is 19.5 Å². The van der Waals surface area contributed by atoms with E-state index in [0.717, 1.165) is 16.7 Å². The summed E-state index contributed by atoms with van der Waals surface area (Å²) in [5.74, 6) is -1.66. The normalized spacial score (nSPS) is 13.9. The summed E-state index contributed by atoms with van der Waals surface area (Å²) in [5, 5.41) is 9.15. The van der Waals surface area contributed by atoms with Crippen LogP contribution in [0.1, 0.15) is 39.1 Å². The van der Waals surface area contributed by atoms with Gasteiger partial charge in [-0.25, -0.2) is 0 Å². The standard InChI is InChI=1S/C25H21NO4/c27-23(28)15-14-20(26-24(29)21-8-4-5-9-22(21)25(26)30)16-17-10-12-19(13-11-17)18-6-2-1-3-7-18/h1-13,20H,14-16H2,(H,27,28). The van der Waals surface area contributed by atoms with E-state index in [0.29, 0.717) is 17.5 Å². The molecule has 0 saturated heterocycles. The molecule has 4 rings (SSSR count). The van der Waals surface area contributed by atoms with Gasteiger partial charge >= 0.3 is 5.97 Å². The fraction of sp³-hybridized carbons (Fsp3) is 0.160. The number of aliphatic carboxylic acids is 1. The molecule has 3 aromatic carbocycles. The molecule has 5 heteroatoms. The van der Waals surface area contributed by atoms with Gasteiger partial charge in [0.1, 0.15) is 0 Å². The van der Waals surface area contributed by atoms with Crippen molar-refractivity contribution in [3.8, 4) is 11.1 Å². The maximum Gasteiger partial charge on any atom is 0.303 e. The number of nitrogens with zero attached hydrogens (tertiary/aromatic N) is 1. The number of amides is 2. The molecule has 0 spiro atoms. The van der Waals surface area contributed by atoms with E-state index >= 15 is 0 Å². The highest BCUT2D eigenvalue weighted by molar-refractivity contribution is 6.21. The van der Waals surface area contributed by atoms with Crippen LogP contribution in [0.2, 0.25) is 0 Å². The minimum atomic E-state index is -0.948. The van der Waals surface area contributed by atoms with Crippen molar-refractivity contribution in [3.05, 3.63) is 95.6 Å². The highest BCUT2D eigenvalue weighted by Gasteiger charge is 2.39. The molecule has 2 amide bonds. The van der Waals surface area contributed by atoms with E-state index in [2.05, 4.69) is 0 Å². The Hall–Kier alpha value is -3.73. The Morgan fingerprint density at radius 3 is 1.87 bits per heavy atom. The molecule has 30 heavy (non-hydrogen) atoms. The number of benzene rings is 3. The van der Waals surface area contributed by atoms with Crippen LogP contribution in [0.15, 0.2) is 78.9 Å². The molecule has 0 radical (unpaired) electrons. The fourth-order valence-corrected chi connectivity index (χ4v) is 3.89. The fourth-order valence-electron chi connectivity index (χ4n) is 3.89. The Morgan fingerprint density at radius 2 is 1.30 bits per heavy atom. The van der Waals surface area contributed by atoms with Crippen LogP contribution in [0.3, 0.4) is 0 Å². The van der Waals surface area contributed by atoms with Crippen LogP contribution >= 0.6 is 0 Å². The van der Waals surface area contributed by atoms with Crippen LogP contribution in [0.25, 0.3) is 11.1 Å². The van der Waals surface area contributed by atoms with E-state index in [1.54, 1.807) is 24.3 Å². The predicted molar refractivity (Wildman–Crippen MR) is 113 cm³/mol. The average Bonchev–Trinajstić information content (AvgIpc) is 3.03. The van der Waals surface area contributed by atoms with Gasteiger partial charge in [0.15, 0.2) is 0 Å². The van der Waals surface area contributed by atoms with Gasteiger partial charge in [0.2, 0.25) is 0 Å². The smallest absolute Gasteiger partial charge is 0.303 e. The summed E-state index contributed by atoms with van der Waals surface area (Å²) in [4.78, 5) is 38.2. The molecule has 1 atom stereocenters. The molecule has 1 heterocycles. The van der Waals surface area contributed by atoms with Gasteiger partial charge in [-0.15, -0.1) is 0 Å². The van der Waals surface area contributed by atoms with E-state index < -0.39 is 12.0 Å². The lowest BCUT2D eigenvalue weighted by Crippen LogP contribution is -2.41. The molecule has 0 saturated carbocycles. The Bertz CT molecular complexity index is 1050. The van der Waals surface area contributed by atoms with Crippen LogP contribution in [0, 0.1) is 0 Å². The summed E-state index contributed by atoms with van der Waals surface area (Å²) in [6.07, 6.45) is 0.509. The number of carboxylic acid groups (broad SMARTS) is 1. The number of fused-ring (bicyclic) bond motifs is 1. The highest BCUT2D eigenvalue weighted by Crippen LogP contribution is 2.28.